The Morgan fingerprint density at radius 2 is 2.42 bits per heavy atom. The van der Waals surface area contributed by atoms with Gasteiger partial charge in [0.1, 0.15) is 18.9 Å². The van der Waals surface area contributed by atoms with Crippen LogP contribution in [-0.2, 0) is 4.74 Å². The molecular formula is C14H15FN4O5. The van der Waals surface area contributed by atoms with E-state index in [1.54, 1.807) is 0 Å². The first-order chi connectivity index (χ1) is 12.1. The number of nitrogens with one attached hydrogen (secondary N) is 1. The molecule has 9 nitrogen and oxygen atoms in total. The van der Waals surface area contributed by atoms with Crippen LogP contribution in [-0.4, -0.2) is 60.9 Å². The van der Waals surface area contributed by atoms with E-state index in [-0.39, 0.29) is 17.0 Å². The van der Waals surface area contributed by atoms with Crippen molar-refractivity contribution >= 4 is 17.0 Å². The summed E-state index contributed by atoms with van der Waals surface area (Å²) in [5, 5.41) is 30.7. The summed E-state index contributed by atoms with van der Waals surface area (Å²) in [5.74, 6) is 3.83. The molecule has 1 unspecified atom stereocenters. The monoisotopic (exact) mass is 340 g/mol. The number of fused-ring (bicyclic) bond motifs is 1. The van der Waals surface area contributed by atoms with E-state index in [1.165, 1.54) is 12.3 Å². The van der Waals surface area contributed by atoms with Gasteiger partial charge in [0.15, 0.2) is 17.5 Å². The van der Waals surface area contributed by atoms with Crippen LogP contribution in [0.2, 0.25) is 0 Å². The summed E-state index contributed by atoms with van der Waals surface area (Å²) in [7, 11) is 0. The van der Waals surface area contributed by atoms with Crippen LogP contribution in [0.4, 0.5) is 10.3 Å². The fourth-order valence-electron chi connectivity index (χ4n) is 2.63. The molecule has 3 rings (SSSR count). The second kappa shape index (κ2) is 5.88. The number of nitrogens with two attached hydrogens (primary N) is 1. The highest BCUT2D eigenvalue weighted by Crippen LogP contribution is 2.39. The summed E-state index contributed by atoms with van der Waals surface area (Å²) in [5.41, 5.74) is 2.41. The number of nitrogen functional groups attached to an aromatic ring is 1. The van der Waals surface area contributed by atoms with Gasteiger partial charge in [0, 0.05) is 6.20 Å². The zero-order chi connectivity index (χ0) is 19.3. The third-order valence-electron chi connectivity index (χ3n) is 3.72. The lowest BCUT2D eigenvalue weighted by Gasteiger charge is -2.26. The van der Waals surface area contributed by atoms with Gasteiger partial charge in [-0.25, -0.2) is 4.39 Å². The highest BCUT2D eigenvalue weighted by atomic mass is 19.1. The van der Waals surface area contributed by atoms with Crippen LogP contribution in [0.25, 0.3) is 11.0 Å². The van der Waals surface area contributed by atoms with Crippen molar-refractivity contribution in [2.45, 2.75) is 24.0 Å². The summed E-state index contributed by atoms with van der Waals surface area (Å²) in [4.78, 5) is 18.1. The number of anilines is 1. The molecule has 0 aliphatic carbocycles. The Labute approximate surface area is 137 Å². The van der Waals surface area contributed by atoms with Crippen molar-refractivity contribution < 1.29 is 27.2 Å². The maximum Gasteiger partial charge on any atom is 0.261 e. The van der Waals surface area contributed by atoms with Gasteiger partial charge in [-0.15, -0.1) is 0 Å². The van der Waals surface area contributed by atoms with Gasteiger partial charge < -0.3 is 30.4 Å². The van der Waals surface area contributed by atoms with E-state index in [4.69, 9.17) is 13.2 Å². The minimum Gasteiger partial charge on any atom is -0.394 e. The highest BCUT2D eigenvalue weighted by Gasteiger charge is 2.55. The van der Waals surface area contributed by atoms with E-state index < -0.39 is 42.8 Å². The van der Waals surface area contributed by atoms with Gasteiger partial charge in [-0.2, -0.15) is 4.98 Å². The molecule has 0 amide bonds. The second-order valence-corrected chi connectivity index (χ2v) is 5.16. The van der Waals surface area contributed by atoms with Crippen LogP contribution < -0.4 is 11.3 Å². The van der Waals surface area contributed by atoms with Crippen LogP contribution in [0.15, 0.2) is 17.1 Å². The quantitative estimate of drug-likeness (QED) is 0.408. The van der Waals surface area contributed by atoms with Gasteiger partial charge >= 0.3 is 0 Å². The van der Waals surface area contributed by atoms with Gasteiger partial charge in [0.2, 0.25) is 5.95 Å². The highest BCUT2D eigenvalue weighted by molar-refractivity contribution is 5.76. The molecular weight excluding hydrogens is 323 g/mol. The number of aromatic amines is 1. The zero-order valence-corrected chi connectivity index (χ0v) is 12.1. The van der Waals surface area contributed by atoms with Crippen molar-refractivity contribution in [3.8, 4) is 11.8 Å². The number of hydrogen-bond donors (Lipinski definition) is 5. The van der Waals surface area contributed by atoms with Gasteiger partial charge in [-0.1, -0.05) is 11.8 Å². The fourth-order valence-corrected chi connectivity index (χ4v) is 2.63. The number of aliphatic hydroxyl groups is 3. The van der Waals surface area contributed by atoms with Crippen molar-refractivity contribution in [2.24, 2.45) is 0 Å². The number of alkyl halides is 1. The Bertz CT molecular complexity index is 962. The van der Waals surface area contributed by atoms with E-state index >= 15 is 0 Å². The average molecular weight is 340 g/mol. The minimum absolute atomic E-state index is 0.0388. The summed E-state index contributed by atoms with van der Waals surface area (Å²) in [6.45, 7) is -4.18. The Morgan fingerprint density at radius 3 is 3.08 bits per heavy atom. The number of nitrogens with zero attached hydrogens (tertiary/aromatic N) is 2. The average Bonchev–Trinajstić information content (AvgIpc) is 3.05. The lowest BCUT2D eigenvalue weighted by molar-refractivity contribution is -0.0719. The van der Waals surface area contributed by atoms with Crippen molar-refractivity contribution in [1.82, 2.24) is 14.5 Å². The van der Waals surface area contributed by atoms with Crippen molar-refractivity contribution in [3.05, 3.63) is 22.6 Å². The predicted molar refractivity (Wildman–Crippen MR) is 80.5 cm³/mol. The molecule has 24 heavy (non-hydrogen) atoms. The molecule has 0 aromatic carbocycles. The summed E-state index contributed by atoms with van der Waals surface area (Å²) in [6.07, 6.45) is -4.25. The van der Waals surface area contributed by atoms with E-state index in [1.807, 2.05) is 5.92 Å². The standard InChI is InChI=1S/C14H15FN4O5/c15-4-1-3-14(23)9(21)8(6-20)24-12(14)19-5-2-7-10(19)17-13(16)18-11(7)22/h2,5,8-9,12,20-21,23H,4,6H2,(H3,16,17,18,22)/t8-,9+,12-,14?/m1/s1/i6D2. The van der Waals surface area contributed by atoms with Gasteiger partial charge in [-0.05, 0) is 6.07 Å². The van der Waals surface area contributed by atoms with Crippen molar-refractivity contribution in [1.29, 1.82) is 0 Å². The number of rotatable bonds is 2. The number of halogens is 1. The van der Waals surface area contributed by atoms with Crippen LogP contribution in [0.5, 0.6) is 0 Å². The largest absolute Gasteiger partial charge is 0.394 e. The first kappa shape index (κ1) is 13.9. The van der Waals surface area contributed by atoms with Crippen molar-refractivity contribution in [2.75, 3.05) is 19.0 Å². The minimum atomic E-state index is -3.04. The third-order valence-corrected chi connectivity index (χ3v) is 3.72. The summed E-state index contributed by atoms with van der Waals surface area (Å²) < 4.78 is 33.6. The number of aromatic nitrogens is 3. The molecule has 1 aliphatic rings. The lowest BCUT2D eigenvalue weighted by atomic mass is 9.94. The molecule has 2 aromatic rings. The first-order valence-electron chi connectivity index (χ1n) is 7.80. The molecule has 2 aromatic heterocycles. The van der Waals surface area contributed by atoms with Gasteiger partial charge in [0.25, 0.3) is 5.56 Å². The van der Waals surface area contributed by atoms with Crippen LogP contribution in [0.3, 0.4) is 0 Å². The predicted octanol–water partition coefficient (Wildman–Crippen LogP) is -1.74. The summed E-state index contributed by atoms with van der Waals surface area (Å²) in [6, 6.07) is 1.33. The Balaban J connectivity index is 2.20. The maximum absolute atomic E-state index is 12.5. The van der Waals surface area contributed by atoms with Crippen LogP contribution in [0.1, 0.15) is 8.97 Å². The van der Waals surface area contributed by atoms with Gasteiger partial charge in [0.05, 0.1) is 14.7 Å². The molecule has 10 heteroatoms. The third kappa shape index (κ3) is 2.35. The molecule has 0 spiro atoms. The zero-order valence-electron chi connectivity index (χ0n) is 14.1. The normalized spacial score (nSPS) is 31.4. The van der Waals surface area contributed by atoms with E-state index in [0.717, 1.165) is 4.57 Å². The molecule has 128 valence electrons. The maximum atomic E-state index is 12.5. The number of ether oxygens (including phenoxy) is 1. The van der Waals surface area contributed by atoms with E-state index in [9.17, 15) is 24.5 Å². The molecule has 1 aliphatic heterocycles. The smallest absolute Gasteiger partial charge is 0.261 e. The van der Waals surface area contributed by atoms with Crippen molar-refractivity contribution in [3.63, 3.8) is 0 Å². The first-order valence-corrected chi connectivity index (χ1v) is 6.80. The van der Waals surface area contributed by atoms with Gasteiger partial charge in [-0.3, -0.25) is 9.78 Å². The number of hydrogen-bond acceptors (Lipinski definition) is 7. The molecule has 3 heterocycles. The molecule has 0 saturated carbocycles. The number of H-pyrrole nitrogens is 1. The molecule has 6 N–H and O–H groups in total. The fraction of sp³-hybridized carbons (Fsp3) is 0.429. The Morgan fingerprint density at radius 1 is 1.67 bits per heavy atom. The lowest BCUT2D eigenvalue weighted by Crippen LogP contribution is -2.46. The Hall–Kier alpha value is -2.45. The van der Waals surface area contributed by atoms with Crippen LogP contribution >= 0.6 is 0 Å². The second-order valence-electron chi connectivity index (χ2n) is 5.16. The Kier molecular flexibility index (Phi) is 3.42. The van der Waals surface area contributed by atoms with Crippen LogP contribution in [0, 0.1) is 11.8 Å². The SMILES string of the molecule is [2H]C([2H])(O)[C@H]1O[C@@H](n2ccc3c(=O)[nH]c(N)nc32)C(O)(C#CCF)[C@H]1O. The summed E-state index contributed by atoms with van der Waals surface area (Å²) >= 11 is 0. The molecule has 1 saturated heterocycles. The van der Waals surface area contributed by atoms with E-state index in [2.05, 4.69) is 15.9 Å². The number of aliphatic hydroxyl groups excluding tert-OH is 1. The topological polar surface area (TPSA) is 147 Å². The molecule has 4 atom stereocenters. The van der Waals surface area contributed by atoms with E-state index in [0.29, 0.717) is 0 Å². The molecule has 0 radical (unpaired) electrons. The molecule has 1 fully saturated rings. The molecule has 0 bridgehead atoms.